The number of carbonyl (C=O) groups excluding carboxylic acids is 1. The van der Waals surface area contributed by atoms with Gasteiger partial charge in [0.2, 0.25) is 0 Å². The third-order valence-electron chi connectivity index (χ3n) is 8.91. The summed E-state index contributed by atoms with van der Waals surface area (Å²) in [7, 11) is -2.19. The summed E-state index contributed by atoms with van der Waals surface area (Å²) in [5.41, 5.74) is -1.70. The minimum absolute atomic E-state index is 0.0656. The normalized spacial score (nSPS) is 18.6. The number of aromatic nitrogens is 4. The highest BCUT2D eigenvalue weighted by Crippen LogP contribution is 2.46. The molecule has 1 unspecified atom stereocenters. The Morgan fingerprint density at radius 3 is 2.29 bits per heavy atom. The molecule has 49 heavy (non-hydrogen) atoms. The van der Waals surface area contributed by atoms with E-state index >= 15 is 0 Å². The van der Waals surface area contributed by atoms with Crippen molar-refractivity contribution in [3.05, 3.63) is 51.4 Å². The first kappa shape index (κ1) is 38.9. The molecule has 3 aromatic rings. The van der Waals surface area contributed by atoms with Crippen LogP contribution in [0.4, 0.5) is 23.8 Å². The third kappa shape index (κ3) is 9.08. The van der Waals surface area contributed by atoms with Gasteiger partial charge in [0, 0.05) is 55.3 Å². The molecule has 1 saturated heterocycles. The largest absolute Gasteiger partial charge is 0.444 e. The first-order chi connectivity index (χ1) is 22.5. The molecule has 1 amide bonds. The second-order valence-corrected chi connectivity index (χ2v) is 21.3. The zero-order chi connectivity index (χ0) is 36.7. The number of benzene rings is 1. The quantitative estimate of drug-likeness (QED) is 0.181. The molecule has 1 aliphatic heterocycles. The Kier molecular flexibility index (Phi) is 11.4. The van der Waals surface area contributed by atoms with Gasteiger partial charge in [0.15, 0.2) is 8.32 Å². The number of fused-ring (bicyclic) bond motifs is 1. The van der Waals surface area contributed by atoms with E-state index in [1.165, 1.54) is 0 Å². The Balaban J connectivity index is 1.76. The number of alkyl halides is 3. The zero-order valence-electron chi connectivity index (χ0n) is 29.7. The van der Waals surface area contributed by atoms with Crippen molar-refractivity contribution < 1.29 is 27.1 Å². The van der Waals surface area contributed by atoms with Gasteiger partial charge in [-0.2, -0.15) is 18.2 Å². The number of halogens is 4. The topological polar surface area (TPSA) is 114 Å². The van der Waals surface area contributed by atoms with Gasteiger partial charge in [0.25, 0.3) is 0 Å². The Hall–Kier alpha value is -2.88. The van der Waals surface area contributed by atoms with Gasteiger partial charge in [-0.25, -0.2) is 9.59 Å². The number of H-pyrrole nitrogens is 1. The van der Waals surface area contributed by atoms with Gasteiger partial charge in [-0.3, -0.25) is 14.9 Å². The lowest BCUT2D eigenvalue weighted by atomic mass is 10.1. The molecule has 0 saturated carbocycles. The number of carbonyl (C=O) groups is 1. The van der Waals surface area contributed by atoms with Crippen LogP contribution < -0.4 is 10.6 Å². The summed E-state index contributed by atoms with van der Waals surface area (Å²) in [6.45, 7) is 20.3. The van der Waals surface area contributed by atoms with Gasteiger partial charge in [0.1, 0.15) is 11.4 Å². The zero-order valence-corrected chi connectivity index (χ0v) is 32.2. The van der Waals surface area contributed by atoms with Crippen molar-refractivity contribution in [3.8, 4) is 0 Å². The highest BCUT2D eigenvalue weighted by molar-refractivity contribution is 7.99. The van der Waals surface area contributed by atoms with Crippen LogP contribution in [-0.2, 0) is 15.3 Å². The van der Waals surface area contributed by atoms with Crippen LogP contribution in [0.3, 0.4) is 0 Å². The highest BCUT2D eigenvalue weighted by Gasteiger charge is 2.40. The van der Waals surface area contributed by atoms with Crippen LogP contribution in [0, 0.1) is 0 Å². The maximum Gasteiger partial charge on any atom is 0.417 e. The van der Waals surface area contributed by atoms with Crippen molar-refractivity contribution in [2.24, 2.45) is 0 Å². The standard InChI is InChI=1S/C33H46ClF3N6O4SSi/c1-19-15-42(16-20(2)43(19)30(45)47-31(3,4)5)28-22-13-23(33(35,36)37)25(34)27(26(22)40-29(44)41-28)48-18-21(24-14-38-11-12-39-24)17-46-49(9,10)32(6,7)8/h11-14,19-21H,15-18H2,1-10H3,(H,40,41,44)/t19-,20+,21?. The van der Waals surface area contributed by atoms with Crippen molar-refractivity contribution in [2.75, 3.05) is 30.3 Å². The van der Waals surface area contributed by atoms with Gasteiger partial charge in [-0.15, -0.1) is 11.8 Å². The molecule has 10 nitrogen and oxygen atoms in total. The minimum Gasteiger partial charge on any atom is -0.444 e. The van der Waals surface area contributed by atoms with E-state index in [-0.39, 0.29) is 58.0 Å². The number of hydrogen-bond acceptors (Lipinski definition) is 9. The Morgan fingerprint density at radius 1 is 1.12 bits per heavy atom. The Labute approximate surface area is 295 Å². The van der Waals surface area contributed by atoms with E-state index in [2.05, 4.69) is 53.8 Å². The lowest BCUT2D eigenvalue weighted by Crippen LogP contribution is -2.59. The van der Waals surface area contributed by atoms with Crippen LogP contribution in [0.15, 0.2) is 34.3 Å². The molecule has 270 valence electrons. The lowest BCUT2D eigenvalue weighted by Gasteiger charge is -2.45. The predicted molar refractivity (Wildman–Crippen MR) is 190 cm³/mol. The molecule has 3 atom stereocenters. The molecule has 4 rings (SSSR count). The van der Waals surface area contributed by atoms with Crippen LogP contribution in [-0.4, -0.2) is 82.4 Å². The predicted octanol–water partition coefficient (Wildman–Crippen LogP) is 8.12. The molecule has 3 heterocycles. The van der Waals surface area contributed by atoms with E-state index in [9.17, 15) is 22.8 Å². The first-order valence-electron chi connectivity index (χ1n) is 16.1. The number of nitrogens with zero attached hydrogens (tertiary/aromatic N) is 5. The molecular weight excluding hydrogens is 697 g/mol. The maximum atomic E-state index is 14.5. The average molecular weight is 743 g/mol. The number of aromatic amines is 1. The molecule has 2 aromatic heterocycles. The molecule has 16 heteroatoms. The molecule has 0 spiro atoms. The van der Waals surface area contributed by atoms with E-state index in [0.29, 0.717) is 5.69 Å². The smallest absolute Gasteiger partial charge is 0.417 e. The number of ether oxygens (including phenoxy) is 1. The molecule has 0 bridgehead atoms. The first-order valence-corrected chi connectivity index (χ1v) is 20.4. The summed E-state index contributed by atoms with van der Waals surface area (Å²) < 4.78 is 55.8. The molecular formula is C33H46ClF3N6O4SSi. The Morgan fingerprint density at radius 2 is 1.76 bits per heavy atom. The molecule has 0 radical (unpaired) electrons. The average Bonchev–Trinajstić information content (AvgIpc) is 2.95. The third-order valence-corrected chi connectivity index (χ3v) is 15.2. The number of thioether (sulfide) groups is 1. The van der Waals surface area contributed by atoms with Crippen LogP contribution in [0.5, 0.6) is 0 Å². The van der Waals surface area contributed by atoms with Gasteiger partial charge in [0.05, 0.1) is 38.8 Å². The highest BCUT2D eigenvalue weighted by atomic mass is 35.5. The van der Waals surface area contributed by atoms with E-state index < -0.39 is 54.5 Å². The summed E-state index contributed by atoms with van der Waals surface area (Å²) in [5.74, 6) is -0.0210. The summed E-state index contributed by atoms with van der Waals surface area (Å²) in [6, 6.07) is 0.147. The fraction of sp³-hybridized carbons (Fsp3) is 0.606. The van der Waals surface area contributed by atoms with Crippen molar-refractivity contribution in [2.45, 2.75) is 108 Å². The van der Waals surface area contributed by atoms with Crippen molar-refractivity contribution in [1.29, 1.82) is 0 Å². The van der Waals surface area contributed by atoms with Crippen molar-refractivity contribution in [1.82, 2.24) is 24.8 Å². The van der Waals surface area contributed by atoms with Crippen LogP contribution >= 0.6 is 23.4 Å². The van der Waals surface area contributed by atoms with Gasteiger partial charge < -0.3 is 19.0 Å². The number of amides is 1. The van der Waals surface area contributed by atoms with Crippen molar-refractivity contribution in [3.63, 3.8) is 0 Å². The van der Waals surface area contributed by atoms with E-state index in [1.807, 2.05) is 13.8 Å². The van der Waals surface area contributed by atoms with Gasteiger partial charge in [-0.05, 0) is 58.8 Å². The number of hydrogen-bond donors (Lipinski definition) is 1. The van der Waals surface area contributed by atoms with E-state index in [0.717, 1.165) is 17.8 Å². The lowest BCUT2D eigenvalue weighted by molar-refractivity contribution is -0.137. The number of rotatable bonds is 8. The van der Waals surface area contributed by atoms with Gasteiger partial charge in [-0.1, -0.05) is 32.4 Å². The van der Waals surface area contributed by atoms with E-state index in [4.69, 9.17) is 20.8 Å². The summed E-state index contributed by atoms with van der Waals surface area (Å²) in [6.07, 6.45) is -0.551. The maximum absolute atomic E-state index is 14.5. The number of anilines is 1. The molecule has 0 aliphatic carbocycles. The van der Waals surface area contributed by atoms with Gasteiger partial charge >= 0.3 is 18.0 Å². The second kappa shape index (κ2) is 14.4. The summed E-state index contributed by atoms with van der Waals surface area (Å²) in [4.78, 5) is 45.0. The summed E-state index contributed by atoms with van der Waals surface area (Å²) >= 11 is 7.64. The van der Waals surface area contributed by atoms with E-state index in [1.54, 1.807) is 49.2 Å². The van der Waals surface area contributed by atoms with Crippen LogP contribution in [0.2, 0.25) is 23.2 Å². The van der Waals surface area contributed by atoms with Crippen LogP contribution in [0.25, 0.3) is 10.9 Å². The van der Waals surface area contributed by atoms with Crippen molar-refractivity contribution >= 4 is 54.5 Å². The molecule has 1 N–H and O–H groups in total. The Bertz CT molecular complexity index is 1700. The molecule has 1 fully saturated rings. The SMILES string of the molecule is C[C@@H]1CN(c2nc(=O)[nH]c3c(SCC(CO[Si](C)(C)C(C)(C)C)c4cnccn4)c(Cl)c(C(F)(F)F)cc23)C[C@H](C)N1C(=O)OC(C)(C)C. The number of nitrogens with one attached hydrogen (secondary N) is 1. The fourth-order valence-electron chi connectivity index (χ4n) is 5.43. The molecule has 1 aromatic carbocycles. The summed E-state index contributed by atoms with van der Waals surface area (Å²) in [5, 5.41) is -0.487. The van der Waals surface area contributed by atoms with Crippen LogP contribution in [0.1, 0.15) is 72.6 Å². The fourth-order valence-corrected chi connectivity index (χ4v) is 8.08. The monoisotopic (exact) mass is 742 g/mol. The minimum atomic E-state index is -4.79. The number of piperazine rings is 1. The second-order valence-electron chi connectivity index (χ2n) is 15.1. The molecule has 1 aliphatic rings.